The number of unbranched alkanes of at least 4 members (excludes halogenated alkanes) is 3. The van der Waals surface area contributed by atoms with Crippen molar-refractivity contribution in [1.29, 1.82) is 0 Å². The van der Waals surface area contributed by atoms with Gasteiger partial charge in [-0.2, -0.15) is 0 Å². The Hall–Kier alpha value is -1.12. The van der Waals surface area contributed by atoms with Crippen molar-refractivity contribution in [3.8, 4) is 0 Å². The number of rotatable bonds is 17. The molecule has 126 valence electrons. The second-order valence-corrected chi connectivity index (χ2v) is 5.81. The van der Waals surface area contributed by atoms with Crippen LogP contribution in [0.15, 0.2) is 50.6 Å². The van der Waals surface area contributed by atoms with Gasteiger partial charge in [0.25, 0.3) is 0 Å². The molecule has 0 aromatic rings. The fourth-order valence-electron chi connectivity index (χ4n) is 2.55. The monoisotopic (exact) mass is 304 g/mol. The van der Waals surface area contributed by atoms with Crippen LogP contribution in [-0.2, 0) is 0 Å². The lowest BCUT2D eigenvalue weighted by molar-refractivity contribution is 0.478. The predicted octanol–water partition coefficient (Wildman–Crippen LogP) is 4.77. The van der Waals surface area contributed by atoms with Crippen LogP contribution in [0, 0.1) is 0 Å². The highest BCUT2D eigenvalue weighted by molar-refractivity contribution is 4.84. The number of hydrogen-bond acceptors (Lipinski definition) is 2. The van der Waals surface area contributed by atoms with Gasteiger partial charge in [-0.15, -0.1) is 26.3 Å². The van der Waals surface area contributed by atoms with E-state index in [-0.39, 0.29) is 0 Å². The normalized spacial score (nSPS) is 10.8. The van der Waals surface area contributed by atoms with Crippen molar-refractivity contribution in [2.24, 2.45) is 0 Å². The van der Waals surface area contributed by atoms with Crippen LogP contribution in [-0.4, -0.2) is 25.2 Å². The lowest BCUT2D eigenvalue weighted by atomic mass is 10.1. The first kappa shape index (κ1) is 20.9. The first-order valence-corrected chi connectivity index (χ1v) is 8.68. The molecule has 22 heavy (non-hydrogen) atoms. The molecular formula is C20H36N2. The molecule has 2 heteroatoms. The molecule has 0 atom stereocenters. The maximum atomic E-state index is 3.81. The van der Waals surface area contributed by atoms with Crippen LogP contribution < -0.4 is 10.6 Å². The summed E-state index contributed by atoms with van der Waals surface area (Å²) < 4.78 is 0. The third-order valence-corrected chi connectivity index (χ3v) is 3.77. The van der Waals surface area contributed by atoms with Gasteiger partial charge in [-0.3, -0.25) is 0 Å². The smallest absolute Gasteiger partial charge is 0.0136 e. The molecule has 0 fully saturated rings. The van der Waals surface area contributed by atoms with Crippen molar-refractivity contribution in [3.05, 3.63) is 50.6 Å². The third-order valence-electron chi connectivity index (χ3n) is 3.77. The highest BCUT2D eigenvalue weighted by Gasteiger charge is 2.04. The number of nitrogens with one attached hydrogen (secondary N) is 2. The van der Waals surface area contributed by atoms with E-state index in [0.717, 1.165) is 38.8 Å². The van der Waals surface area contributed by atoms with Gasteiger partial charge in [-0.05, 0) is 51.6 Å². The molecule has 0 spiro atoms. The molecule has 0 aromatic carbocycles. The van der Waals surface area contributed by atoms with Crippen molar-refractivity contribution in [1.82, 2.24) is 10.6 Å². The fourth-order valence-corrected chi connectivity index (χ4v) is 2.55. The average molecular weight is 305 g/mol. The second-order valence-electron chi connectivity index (χ2n) is 5.81. The van der Waals surface area contributed by atoms with Crippen molar-refractivity contribution in [2.75, 3.05) is 13.1 Å². The van der Waals surface area contributed by atoms with E-state index < -0.39 is 0 Å². The summed E-state index contributed by atoms with van der Waals surface area (Å²) in [5.74, 6) is 0. The fraction of sp³-hybridized carbons (Fsp3) is 0.600. The SMILES string of the molecule is C=CCC(CC=C)NCCCCCCNC(CC=C)CC=C. The molecule has 0 rings (SSSR count). The molecule has 0 amide bonds. The van der Waals surface area contributed by atoms with Crippen molar-refractivity contribution < 1.29 is 0 Å². The van der Waals surface area contributed by atoms with E-state index in [1.54, 1.807) is 0 Å². The zero-order valence-electron chi connectivity index (χ0n) is 14.4. The van der Waals surface area contributed by atoms with E-state index in [9.17, 15) is 0 Å². The van der Waals surface area contributed by atoms with E-state index in [1.165, 1.54) is 25.7 Å². The Morgan fingerprint density at radius 2 is 0.864 bits per heavy atom. The van der Waals surface area contributed by atoms with Gasteiger partial charge in [-0.1, -0.05) is 37.1 Å². The quantitative estimate of drug-likeness (QED) is 0.299. The van der Waals surface area contributed by atoms with Crippen LogP contribution in [0.3, 0.4) is 0 Å². The molecule has 0 aliphatic carbocycles. The van der Waals surface area contributed by atoms with E-state index >= 15 is 0 Å². The molecule has 2 nitrogen and oxygen atoms in total. The molecule has 0 saturated heterocycles. The summed E-state index contributed by atoms with van der Waals surface area (Å²) in [6.07, 6.45) is 17.1. The summed E-state index contributed by atoms with van der Waals surface area (Å²) >= 11 is 0. The van der Waals surface area contributed by atoms with Gasteiger partial charge in [0.05, 0.1) is 0 Å². The van der Waals surface area contributed by atoms with Gasteiger partial charge in [0.1, 0.15) is 0 Å². The Kier molecular flexibility index (Phi) is 15.4. The molecule has 2 N–H and O–H groups in total. The molecule has 0 unspecified atom stereocenters. The Morgan fingerprint density at radius 1 is 0.545 bits per heavy atom. The van der Waals surface area contributed by atoms with Gasteiger partial charge in [0.15, 0.2) is 0 Å². The van der Waals surface area contributed by atoms with E-state index in [2.05, 4.69) is 36.9 Å². The lowest BCUT2D eigenvalue weighted by Crippen LogP contribution is -2.29. The van der Waals surface area contributed by atoms with Crippen molar-refractivity contribution in [2.45, 2.75) is 63.5 Å². The van der Waals surface area contributed by atoms with E-state index in [4.69, 9.17) is 0 Å². The lowest BCUT2D eigenvalue weighted by Gasteiger charge is -2.16. The summed E-state index contributed by atoms with van der Waals surface area (Å²) in [5.41, 5.74) is 0. The van der Waals surface area contributed by atoms with Gasteiger partial charge < -0.3 is 10.6 Å². The van der Waals surface area contributed by atoms with Crippen molar-refractivity contribution in [3.63, 3.8) is 0 Å². The summed E-state index contributed by atoms with van der Waals surface area (Å²) in [6, 6.07) is 1.02. The molecule has 0 bridgehead atoms. The van der Waals surface area contributed by atoms with E-state index in [1.807, 2.05) is 24.3 Å². The Balaban J connectivity index is 3.52. The van der Waals surface area contributed by atoms with Gasteiger partial charge in [0.2, 0.25) is 0 Å². The van der Waals surface area contributed by atoms with Gasteiger partial charge >= 0.3 is 0 Å². The third kappa shape index (κ3) is 12.6. The van der Waals surface area contributed by atoms with Crippen LogP contribution in [0.4, 0.5) is 0 Å². The Bertz CT molecular complexity index is 246. The molecule has 0 radical (unpaired) electrons. The van der Waals surface area contributed by atoms with Crippen LogP contribution >= 0.6 is 0 Å². The molecule has 0 aliphatic rings. The summed E-state index contributed by atoms with van der Waals surface area (Å²) in [7, 11) is 0. The predicted molar refractivity (Wildman–Crippen MR) is 101 cm³/mol. The van der Waals surface area contributed by atoms with Crippen LogP contribution in [0.25, 0.3) is 0 Å². The molecule has 0 aromatic heterocycles. The minimum absolute atomic E-state index is 0.509. The topological polar surface area (TPSA) is 24.1 Å². The Labute approximate surface area is 138 Å². The first-order chi connectivity index (χ1) is 10.8. The molecule has 0 aliphatic heterocycles. The first-order valence-electron chi connectivity index (χ1n) is 8.68. The molecule has 0 saturated carbocycles. The van der Waals surface area contributed by atoms with Crippen LogP contribution in [0.1, 0.15) is 51.4 Å². The largest absolute Gasteiger partial charge is 0.313 e. The average Bonchev–Trinajstić information content (AvgIpc) is 2.50. The maximum absolute atomic E-state index is 3.81. The van der Waals surface area contributed by atoms with Crippen molar-refractivity contribution >= 4 is 0 Å². The van der Waals surface area contributed by atoms with E-state index in [0.29, 0.717) is 12.1 Å². The zero-order chi connectivity index (χ0) is 16.5. The highest BCUT2D eigenvalue weighted by atomic mass is 14.9. The van der Waals surface area contributed by atoms with Crippen LogP contribution in [0.2, 0.25) is 0 Å². The Morgan fingerprint density at radius 3 is 1.14 bits per heavy atom. The minimum atomic E-state index is 0.509. The summed E-state index contributed by atoms with van der Waals surface area (Å²) in [6.45, 7) is 17.4. The second kappa shape index (κ2) is 16.3. The van der Waals surface area contributed by atoms with Gasteiger partial charge in [0, 0.05) is 12.1 Å². The maximum Gasteiger partial charge on any atom is 0.0136 e. The summed E-state index contributed by atoms with van der Waals surface area (Å²) in [5, 5.41) is 7.17. The van der Waals surface area contributed by atoms with Gasteiger partial charge in [-0.25, -0.2) is 0 Å². The zero-order valence-corrected chi connectivity index (χ0v) is 14.4. The highest BCUT2D eigenvalue weighted by Crippen LogP contribution is 2.04. The number of hydrogen-bond donors (Lipinski definition) is 2. The minimum Gasteiger partial charge on any atom is -0.313 e. The molecule has 0 heterocycles. The molecular weight excluding hydrogens is 268 g/mol. The standard InChI is InChI=1S/C20H36N2/c1-5-13-19(14-6-2)21-17-11-9-10-12-18-22-20(15-7-3)16-8-4/h5-8,19-22H,1-4,9-18H2. The van der Waals surface area contributed by atoms with Crippen LogP contribution in [0.5, 0.6) is 0 Å². The summed E-state index contributed by atoms with van der Waals surface area (Å²) in [4.78, 5) is 0.